The highest BCUT2D eigenvalue weighted by molar-refractivity contribution is 5.94. The van der Waals surface area contributed by atoms with Crippen LogP contribution in [0.25, 0.3) is 0 Å². The molecule has 0 aliphatic heterocycles. The van der Waals surface area contributed by atoms with E-state index >= 15 is 0 Å². The van der Waals surface area contributed by atoms with E-state index in [0.29, 0.717) is 0 Å². The number of carbonyl (C=O) groups is 3. The Morgan fingerprint density at radius 1 is 1.36 bits per heavy atom. The Hall–Kier alpha value is -1.72. The van der Waals surface area contributed by atoms with Crippen molar-refractivity contribution in [1.82, 2.24) is 0 Å². The van der Waals surface area contributed by atoms with E-state index in [1.807, 2.05) is 0 Å². The molecule has 0 bridgehead atoms. The standard InChI is InChI=1S/C8H11NO5/c1-5(10)9-4-6(8(13)14)2-3-7(11)12/h4,6H,2-3H2,1H3,(H,11,12)(H,13,14)/b9-4+. The molecule has 0 aliphatic rings. The van der Waals surface area contributed by atoms with Crippen molar-refractivity contribution in [1.29, 1.82) is 0 Å². The van der Waals surface area contributed by atoms with Crippen molar-refractivity contribution in [2.45, 2.75) is 19.8 Å². The molecule has 0 heterocycles. The summed E-state index contributed by atoms with van der Waals surface area (Å²) in [5.74, 6) is -3.79. The van der Waals surface area contributed by atoms with Crippen LogP contribution in [0.5, 0.6) is 0 Å². The molecular weight excluding hydrogens is 190 g/mol. The molecule has 1 unspecified atom stereocenters. The first kappa shape index (κ1) is 12.3. The molecule has 0 radical (unpaired) electrons. The highest BCUT2D eigenvalue weighted by Gasteiger charge is 2.16. The molecule has 0 spiro atoms. The highest BCUT2D eigenvalue weighted by Crippen LogP contribution is 2.04. The molecular formula is C8H11NO5. The van der Waals surface area contributed by atoms with Crippen LogP contribution < -0.4 is 0 Å². The van der Waals surface area contributed by atoms with Gasteiger partial charge in [-0.3, -0.25) is 14.4 Å². The van der Waals surface area contributed by atoms with E-state index in [4.69, 9.17) is 10.2 Å². The molecule has 14 heavy (non-hydrogen) atoms. The summed E-state index contributed by atoms with van der Waals surface area (Å²) in [4.78, 5) is 34.4. The van der Waals surface area contributed by atoms with Gasteiger partial charge < -0.3 is 10.2 Å². The fourth-order valence-electron chi connectivity index (χ4n) is 0.736. The van der Waals surface area contributed by atoms with E-state index < -0.39 is 23.8 Å². The second-order valence-electron chi connectivity index (χ2n) is 2.67. The van der Waals surface area contributed by atoms with E-state index in [1.54, 1.807) is 0 Å². The summed E-state index contributed by atoms with van der Waals surface area (Å²) in [5, 5.41) is 16.9. The van der Waals surface area contributed by atoms with Crippen LogP contribution in [0.1, 0.15) is 19.8 Å². The van der Waals surface area contributed by atoms with Crippen molar-refractivity contribution in [2.75, 3.05) is 0 Å². The number of carboxylic acids is 2. The Labute approximate surface area is 80.3 Å². The molecule has 1 atom stereocenters. The third kappa shape index (κ3) is 5.87. The lowest BCUT2D eigenvalue weighted by Gasteiger charge is -2.03. The second kappa shape index (κ2) is 5.85. The zero-order valence-corrected chi connectivity index (χ0v) is 7.64. The number of carboxylic acid groups (broad SMARTS) is 2. The monoisotopic (exact) mass is 201 g/mol. The molecule has 6 nitrogen and oxygen atoms in total. The number of aliphatic carboxylic acids is 2. The average Bonchev–Trinajstić information content (AvgIpc) is 2.02. The van der Waals surface area contributed by atoms with Crippen LogP contribution >= 0.6 is 0 Å². The minimum atomic E-state index is -1.18. The van der Waals surface area contributed by atoms with Crippen molar-refractivity contribution in [3.63, 3.8) is 0 Å². The first-order chi connectivity index (χ1) is 6.43. The van der Waals surface area contributed by atoms with Crippen LogP contribution in [0.15, 0.2) is 4.99 Å². The van der Waals surface area contributed by atoms with Gasteiger partial charge in [-0.1, -0.05) is 0 Å². The molecule has 0 aromatic heterocycles. The van der Waals surface area contributed by atoms with Crippen molar-refractivity contribution in [3.05, 3.63) is 0 Å². The molecule has 0 aliphatic carbocycles. The lowest BCUT2D eigenvalue weighted by Crippen LogP contribution is -2.17. The van der Waals surface area contributed by atoms with Gasteiger partial charge in [0, 0.05) is 19.6 Å². The van der Waals surface area contributed by atoms with Crippen molar-refractivity contribution < 1.29 is 24.6 Å². The smallest absolute Gasteiger partial charge is 0.311 e. The maximum atomic E-state index is 10.5. The molecule has 0 rings (SSSR count). The Balaban J connectivity index is 4.23. The van der Waals surface area contributed by atoms with Crippen LogP contribution in [0.4, 0.5) is 0 Å². The van der Waals surface area contributed by atoms with Gasteiger partial charge in [0.05, 0.1) is 5.92 Å². The fourth-order valence-corrected chi connectivity index (χ4v) is 0.736. The number of carbonyl (C=O) groups excluding carboxylic acids is 1. The van der Waals surface area contributed by atoms with Gasteiger partial charge in [0.15, 0.2) is 0 Å². The zero-order chi connectivity index (χ0) is 11.1. The van der Waals surface area contributed by atoms with Crippen LogP contribution in [0, 0.1) is 5.92 Å². The molecule has 2 N–H and O–H groups in total. The van der Waals surface area contributed by atoms with Crippen molar-refractivity contribution in [3.8, 4) is 0 Å². The highest BCUT2D eigenvalue weighted by atomic mass is 16.4. The predicted molar refractivity (Wildman–Crippen MR) is 47.2 cm³/mol. The first-order valence-electron chi connectivity index (χ1n) is 3.93. The number of amides is 1. The van der Waals surface area contributed by atoms with E-state index in [9.17, 15) is 14.4 Å². The van der Waals surface area contributed by atoms with Crippen molar-refractivity contribution in [2.24, 2.45) is 10.9 Å². The van der Waals surface area contributed by atoms with Gasteiger partial charge in [0.25, 0.3) is 0 Å². The summed E-state index contributed by atoms with van der Waals surface area (Å²) in [6, 6.07) is 0. The summed E-state index contributed by atoms with van der Waals surface area (Å²) in [5.41, 5.74) is 0. The quantitative estimate of drug-likeness (QED) is 0.617. The normalized spacial score (nSPS) is 12.6. The van der Waals surface area contributed by atoms with E-state index in [0.717, 1.165) is 6.21 Å². The molecule has 0 saturated carbocycles. The number of nitrogens with zero attached hydrogens (tertiary/aromatic N) is 1. The summed E-state index contributed by atoms with van der Waals surface area (Å²) in [6.07, 6.45) is 0.635. The number of aliphatic imine (C=N–C) groups is 1. The van der Waals surface area contributed by atoms with Gasteiger partial charge in [-0.15, -0.1) is 0 Å². The fraction of sp³-hybridized carbons (Fsp3) is 0.500. The van der Waals surface area contributed by atoms with E-state index in [-0.39, 0.29) is 12.8 Å². The Bertz CT molecular complexity index is 271. The van der Waals surface area contributed by atoms with Crippen LogP contribution in [-0.2, 0) is 14.4 Å². The summed E-state index contributed by atoms with van der Waals surface area (Å²) in [6.45, 7) is 1.19. The Morgan fingerprint density at radius 3 is 2.29 bits per heavy atom. The first-order valence-corrected chi connectivity index (χ1v) is 3.93. The lowest BCUT2D eigenvalue weighted by molar-refractivity contribution is -0.140. The minimum absolute atomic E-state index is 0.0680. The minimum Gasteiger partial charge on any atom is -0.481 e. The van der Waals surface area contributed by atoms with Crippen molar-refractivity contribution >= 4 is 24.1 Å². The van der Waals surface area contributed by atoms with Gasteiger partial charge in [0.1, 0.15) is 0 Å². The molecule has 0 aromatic rings. The molecule has 0 fully saturated rings. The topological polar surface area (TPSA) is 104 Å². The maximum absolute atomic E-state index is 10.5. The van der Waals surface area contributed by atoms with Gasteiger partial charge >= 0.3 is 11.9 Å². The van der Waals surface area contributed by atoms with Crippen LogP contribution in [0.2, 0.25) is 0 Å². The lowest BCUT2D eigenvalue weighted by atomic mass is 10.1. The zero-order valence-electron chi connectivity index (χ0n) is 7.64. The van der Waals surface area contributed by atoms with Crippen LogP contribution in [0.3, 0.4) is 0 Å². The largest absolute Gasteiger partial charge is 0.481 e. The van der Waals surface area contributed by atoms with Crippen LogP contribution in [-0.4, -0.2) is 34.3 Å². The van der Waals surface area contributed by atoms with Gasteiger partial charge in [-0.25, -0.2) is 4.99 Å². The predicted octanol–water partition coefficient (Wildman–Crippen LogP) is 0.169. The summed E-state index contributed by atoms with van der Waals surface area (Å²) in [7, 11) is 0. The average molecular weight is 201 g/mol. The molecule has 78 valence electrons. The third-order valence-electron chi connectivity index (χ3n) is 1.42. The van der Waals surface area contributed by atoms with Gasteiger partial charge in [0.2, 0.25) is 5.91 Å². The maximum Gasteiger partial charge on any atom is 0.311 e. The third-order valence-corrected chi connectivity index (χ3v) is 1.42. The second-order valence-corrected chi connectivity index (χ2v) is 2.67. The number of rotatable bonds is 5. The van der Waals surface area contributed by atoms with E-state index in [1.165, 1.54) is 6.92 Å². The Morgan fingerprint density at radius 2 is 1.93 bits per heavy atom. The molecule has 0 aromatic carbocycles. The molecule has 1 amide bonds. The summed E-state index contributed by atoms with van der Waals surface area (Å²) >= 11 is 0. The summed E-state index contributed by atoms with van der Waals surface area (Å²) < 4.78 is 0. The number of hydrogen-bond acceptors (Lipinski definition) is 3. The van der Waals surface area contributed by atoms with Gasteiger partial charge in [-0.05, 0) is 6.42 Å². The number of hydrogen-bond donors (Lipinski definition) is 2. The Kier molecular flexibility index (Phi) is 5.13. The molecule has 6 heteroatoms. The SMILES string of the molecule is CC(=O)/N=C/C(CCC(=O)O)C(=O)O. The van der Waals surface area contributed by atoms with E-state index in [2.05, 4.69) is 4.99 Å². The molecule has 0 saturated heterocycles. The van der Waals surface area contributed by atoms with Gasteiger partial charge in [-0.2, -0.15) is 0 Å².